The molecule has 0 atom stereocenters. The number of aromatic nitrogens is 1. The molecule has 1 aliphatic rings. The molecule has 0 bridgehead atoms. The number of benzene rings is 3. The predicted octanol–water partition coefficient (Wildman–Crippen LogP) is 4.47. The highest BCUT2D eigenvalue weighted by atomic mass is 32.2. The Balaban J connectivity index is 1.70. The molecule has 1 aromatic heterocycles. The fourth-order valence-electron chi connectivity index (χ4n) is 4.01. The summed E-state index contributed by atoms with van der Waals surface area (Å²) in [6, 6.07) is 15.0. The van der Waals surface area contributed by atoms with Crippen LogP contribution in [0, 0.1) is 6.92 Å². The number of hydrogen-bond donors (Lipinski definition) is 0. The number of amides is 2. The van der Waals surface area contributed by atoms with E-state index in [1.807, 2.05) is 42.0 Å². The van der Waals surface area contributed by atoms with Crippen LogP contribution in [0.3, 0.4) is 0 Å². The lowest BCUT2D eigenvalue weighted by Gasteiger charge is -2.26. The van der Waals surface area contributed by atoms with Gasteiger partial charge in [-0.05, 0) is 42.8 Å². The van der Waals surface area contributed by atoms with E-state index in [1.165, 1.54) is 18.2 Å². The Morgan fingerprint density at radius 1 is 0.848 bits per heavy atom. The van der Waals surface area contributed by atoms with E-state index in [1.54, 1.807) is 12.1 Å². The average molecular weight is 474 g/mol. The summed E-state index contributed by atoms with van der Waals surface area (Å²) in [5.74, 6) is -2.62. The third-order valence-corrected chi connectivity index (χ3v) is 6.43. The van der Waals surface area contributed by atoms with Gasteiger partial charge in [0.25, 0.3) is 11.8 Å². The van der Waals surface area contributed by atoms with Crippen molar-refractivity contribution in [1.29, 1.82) is 0 Å². The zero-order valence-corrected chi connectivity index (χ0v) is 17.6. The SMILES string of the molecule is Cc1cccc2c1ccn2-c1ccc2c3c(cccc13)C(=O)N(OS(=O)(=O)C(F)(F)F)C2=O. The fraction of sp³-hybridized carbons (Fsp3) is 0.0909. The molecular formula is C22H13F3N2O5S. The van der Waals surface area contributed by atoms with Crippen LogP contribution in [0.1, 0.15) is 26.3 Å². The van der Waals surface area contributed by atoms with E-state index in [0.29, 0.717) is 11.1 Å². The van der Waals surface area contributed by atoms with Crippen LogP contribution in [-0.2, 0) is 14.4 Å². The molecule has 4 aromatic rings. The number of carbonyl (C=O) groups excluding carboxylic acids is 2. The van der Waals surface area contributed by atoms with Gasteiger partial charge in [0.15, 0.2) is 0 Å². The molecule has 0 radical (unpaired) electrons. The second-order valence-corrected chi connectivity index (χ2v) is 8.95. The van der Waals surface area contributed by atoms with Crippen LogP contribution in [0.25, 0.3) is 27.4 Å². The van der Waals surface area contributed by atoms with Crippen molar-refractivity contribution < 1.29 is 35.5 Å². The summed E-state index contributed by atoms with van der Waals surface area (Å²) in [5.41, 5.74) is -3.56. The molecule has 0 saturated heterocycles. The van der Waals surface area contributed by atoms with Gasteiger partial charge in [-0.15, -0.1) is 9.35 Å². The molecule has 0 spiro atoms. The number of fused-ring (bicyclic) bond motifs is 1. The maximum absolute atomic E-state index is 12.8. The minimum atomic E-state index is -6.23. The van der Waals surface area contributed by atoms with E-state index < -0.39 is 27.4 Å². The number of aryl methyl sites for hydroxylation is 1. The molecule has 7 nitrogen and oxygen atoms in total. The molecule has 0 fully saturated rings. The molecule has 11 heteroatoms. The molecule has 2 amide bonds. The summed E-state index contributed by atoms with van der Waals surface area (Å²) in [4.78, 5) is 25.6. The number of hydroxylamine groups is 2. The molecule has 3 aromatic carbocycles. The molecule has 0 aliphatic carbocycles. The van der Waals surface area contributed by atoms with Crippen LogP contribution in [0.5, 0.6) is 0 Å². The van der Waals surface area contributed by atoms with Crippen LogP contribution in [0.4, 0.5) is 13.2 Å². The molecule has 0 N–H and O–H groups in total. The van der Waals surface area contributed by atoms with Crippen molar-refractivity contribution >= 4 is 43.6 Å². The smallest absolute Gasteiger partial charge is 0.316 e. The van der Waals surface area contributed by atoms with E-state index in [4.69, 9.17) is 0 Å². The van der Waals surface area contributed by atoms with Crippen LogP contribution in [0.2, 0.25) is 0 Å². The fourth-order valence-corrected chi connectivity index (χ4v) is 4.42. The second kappa shape index (κ2) is 6.90. The largest absolute Gasteiger partial charge is 0.525 e. The summed E-state index contributed by atoms with van der Waals surface area (Å²) in [6.45, 7) is 1.96. The summed E-state index contributed by atoms with van der Waals surface area (Å²) in [6.07, 6.45) is 1.83. The van der Waals surface area contributed by atoms with Gasteiger partial charge < -0.3 is 4.57 Å². The summed E-state index contributed by atoms with van der Waals surface area (Å²) < 4.78 is 66.9. The van der Waals surface area contributed by atoms with Crippen molar-refractivity contribution in [2.45, 2.75) is 12.4 Å². The molecule has 1 aliphatic heterocycles. The number of nitrogens with zero attached hydrogens (tertiary/aromatic N) is 2. The minimum Gasteiger partial charge on any atom is -0.316 e. The van der Waals surface area contributed by atoms with Gasteiger partial charge >= 0.3 is 15.6 Å². The van der Waals surface area contributed by atoms with Gasteiger partial charge in [0, 0.05) is 22.4 Å². The van der Waals surface area contributed by atoms with Crippen molar-refractivity contribution in [3.8, 4) is 5.69 Å². The summed E-state index contributed by atoms with van der Waals surface area (Å²) >= 11 is 0. The maximum atomic E-state index is 12.8. The summed E-state index contributed by atoms with van der Waals surface area (Å²) in [5, 5.41) is 1.32. The molecular weight excluding hydrogens is 461 g/mol. The molecule has 33 heavy (non-hydrogen) atoms. The van der Waals surface area contributed by atoms with Gasteiger partial charge in [-0.3, -0.25) is 9.59 Å². The lowest BCUT2D eigenvalue weighted by molar-refractivity contribution is -0.0761. The maximum Gasteiger partial charge on any atom is 0.525 e. The van der Waals surface area contributed by atoms with Crippen LogP contribution >= 0.6 is 0 Å². The Labute approximate surface area is 184 Å². The van der Waals surface area contributed by atoms with Crippen molar-refractivity contribution in [3.05, 3.63) is 77.5 Å². The first kappa shape index (κ1) is 21.2. The van der Waals surface area contributed by atoms with E-state index in [2.05, 4.69) is 4.28 Å². The van der Waals surface area contributed by atoms with Gasteiger partial charge in [0.1, 0.15) is 0 Å². The molecule has 168 valence electrons. The highest BCUT2D eigenvalue weighted by Gasteiger charge is 2.51. The number of hydrogen-bond acceptors (Lipinski definition) is 5. The Morgan fingerprint density at radius 3 is 2.21 bits per heavy atom. The van der Waals surface area contributed by atoms with Gasteiger partial charge in [0.05, 0.1) is 22.3 Å². The predicted molar refractivity (Wildman–Crippen MR) is 112 cm³/mol. The van der Waals surface area contributed by atoms with E-state index in [-0.39, 0.29) is 21.6 Å². The van der Waals surface area contributed by atoms with Gasteiger partial charge in [-0.1, -0.05) is 24.3 Å². The van der Waals surface area contributed by atoms with Gasteiger partial charge in [-0.2, -0.15) is 21.6 Å². The number of rotatable bonds is 3. The van der Waals surface area contributed by atoms with Crippen molar-refractivity contribution in [1.82, 2.24) is 9.63 Å². The monoisotopic (exact) mass is 474 g/mol. The lowest BCUT2D eigenvalue weighted by Crippen LogP contribution is -2.44. The van der Waals surface area contributed by atoms with Crippen LogP contribution in [0.15, 0.2) is 60.8 Å². The molecule has 0 saturated carbocycles. The highest BCUT2D eigenvalue weighted by Crippen LogP contribution is 2.36. The topological polar surface area (TPSA) is 85.7 Å². The van der Waals surface area contributed by atoms with E-state index in [0.717, 1.165) is 16.5 Å². The van der Waals surface area contributed by atoms with Crippen molar-refractivity contribution in [2.24, 2.45) is 0 Å². The first-order valence-electron chi connectivity index (χ1n) is 9.54. The highest BCUT2D eigenvalue weighted by molar-refractivity contribution is 7.87. The van der Waals surface area contributed by atoms with Gasteiger partial charge in [-0.25, -0.2) is 0 Å². The van der Waals surface area contributed by atoms with Crippen molar-refractivity contribution in [3.63, 3.8) is 0 Å². The van der Waals surface area contributed by atoms with Gasteiger partial charge in [0.2, 0.25) is 0 Å². The Kier molecular flexibility index (Phi) is 4.42. The van der Waals surface area contributed by atoms with Crippen LogP contribution < -0.4 is 0 Å². The first-order valence-corrected chi connectivity index (χ1v) is 10.9. The Hall–Kier alpha value is -3.70. The molecule has 2 heterocycles. The third kappa shape index (κ3) is 3.04. The zero-order chi connectivity index (χ0) is 23.7. The first-order chi connectivity index (χ1) is 15.5. The lowest BCUT2D eigenvalue weighted by atomic mass is 9.94. The van der Waals surface area contributed by atoms with Crippen molar-refractivity contribution in [2.75, 3.05) is 0 Å². The van der Waals surface area contributed by atoms with E-state index >= 15 is 0 Å². The molecule has 5 rings (SSSR count). The number of halogens is 3. The Bertz CT molecular complexity index is 1580. The van der Waals surface area contributed by atoms with E-state index in [9.17, 15) is 31.2 Å². The quantitative estimate of drug-likeness (QED) is 0.323. The average Bonchev–Trinajstić information content (AvgIpc) is 3.19. The normalized spacial score (nSPS) is 14.5. The number of carbonyl (C=O) groups is 2. The van der Waals surface area contributed by atoms with Crippen LogP contribution in [-0.4, -0.2) is 35.4 Å². The molecule has 0 unspecified atom stereocenters. The zero-order valence-electron chi connectivity index (χ0n) is 16.8. The Morgan fingerprint density at radius 2 is 1.52 bits per heavy atom. The minimum absolute atomic E-state index is 0.158. The standard InChI is InChI=1S/C22H13F3N2O5S/c1-12-4-2-7-17-13(12)10-11-26(17)18-9-8-16-19-14(18)5-3-6-15(19)20(28)27(21(16)29)32-33(30,31)22(23,24)25/h2-11H,1H3. The third-order valence-electron chi connectivity index (χ3n) is 5.51. The number of imide groups is 1. The summed E-state index contributed by atoms with van der Waals surface area (Å²) in [7, 11) is -6.23. The number of alkyl halides is 3. The second-order valence-electron chi connectivity index (χ2n) is 7.43.